The highest BCUT2D eigenvalue weighted by Gasteiger charge is 2.25. The van der Waals surface area contributed by atoms with Crippen molar-refractivity contribution in [1.29, 1.82) is 0 Å². The monoisotopic (exact) mass is 562 g/mol. The van der Waals surface area contributed by atoms with Crippen LogP contribution in [0.25, 0.3) is 22.3 Å². The first-order chi connectivity index (χ1) is 18.0. The van der Waals surface area contributed by atoms with Crippen LogP contribution in [0, 0.1) is 0 Å². The average molecular weight is 563 g/mol. The fourth-order valence-electron chi connectivity index (χ4n) is 4.24. The maximum absolute atomic E-state index is 11.9. The highest BCUT2D eigenvalue weighted by molar-refractivity contribution is 7.88. The first kappa shape index (κ1) is 28.4. The molecule has 1 aromatic carbocycles. The van der Waals surface area contributed by atoms with E-state index in [0.717, 1.165) is 34.2 Å². The molecule has 38 heavy (non-hydrogen) atoms. The minimum Gasteiger partial charge on any atom is -0.491 e. The lowest BCUT2D eigenvalue weighted by atomic mass is 10.1. The van der Waals surface area contributed by atoms with E-state index in [1.54, 1.807) is 13.4 Å². The molecule has 0 saturated carbocycles. The summed E-state index contributed by atoms with van der Waals surface area (Å²) in [6, 6.07) is 8.81. The van der Waals surface area contributed by atoms with E-state index in [-0.39, 0.29) is 0 Å². The Morgan fingerprint density at radius 3 is 2.45 bits per heavy atom. The molecule has 0 amide bonds. The van der Waals surface area contributed by atoms with Gasteiger partial charge in [0.25, 0.3) is 0 Å². The van der Waals surface area contributed by atoms with Crippen molar-refractivity contribution in [3.8, 4) is 17.1 Å². The molecule has 3 aromatic rings. The molecule has 1 saturated heterocycles. The summed E-state index contributed by atoms with van der Waals surface area (Å²) in [6.07, 6.45) is 2.79. The molecule has 0 radical (unpaired) electrons. The molecule has 1 aliphatic heterocycles. The van der Waals surface area contributed by atoms with Crippen LogP contribution in [0.5, 0.6) is 5.75 Å². The van der Waals surface area contributed by atoms with Crippen molar-refractivity contribution in [1.82, 2.24) is 24.1 Å². The van der Waals surface area contributed by atoms with E-state index in [0.29, 0.717) is 58.4 Å². The topological polar surface area (TPSA) is 112 Å². The van der Waals surface area contributed by atoms with Crippen LogP contribution in [0.1, 0.15) is 0 Å². The normalized spacial score (nSPS) is 15.3. The summed E-state index contributed by atoms with van der Waals surface area (Å²) < 4.78 is 44.2. The Labute approximate surface area is 225 Å². The zero-order valence-electron chi connectivity index (χ0n) is 22.9. The molecule has 1 aliphatic rings. The van der Waals surface area contributed by atoms with Gasteiger partial charge in [-0.05, 0) is 24.2 Å². The fraction of sp³-hybridized carbons (Fsp3) is 0.560. The van der Waals surface area contributed by atoms with E-state index in [4.69, 9.17) is 19.3 Å². The van der Waals surface area contributed by atoms with Crippen LogP contribution in [0.3, 0.4) is 0 Å². The lowest BCUT2D eigenvalue weighted by Crippen LogP contribution is -2.48. The number of ether oxygens (including phenoxy) is 3. The number of hydrogen-bond donors (Lipinski definition) is 0. The summed E-state index contributed by atoms with van der Waals surface area (Å²) in [5, 5.41) is 5.72. The molecule has 11 nitrogen and oxygen atoms in total. The standard InChI is InChI=1S/C25H38N6O5SSi/c1-34-12-13-36-20-6-7-22-21(16-20)25(31(28-22)19-35-14-15-38(3,4)5)23-17-24(27-18-26-23)29-8-10-30(11-9-29)37(2,32)33/h6-7,16-18H,8-15,19H2,1-5H3. The van der Waals surface area contributed by atoms with Crippen molar-refractivity contribution in [2.24, 2.45) is 0 Å². The van der Waals surface area contributed by atoms with Gasteiger partial charge in [0.05, 0.1) is 29.8 Å². The molecule has 0 spiro atoms. The Balaban J connectivity index is 1.64. The number of rotatable bonds is 12. The molecule has 0 atom stereocenters. The van der Waals surface area contributed by atoms with Gasteiger partial charge < -0.3 is 19.1 Å². The van der Waals surface area contributed by atoms with Crippen molar-refractivity contribution in [2.75, 3.05) is 64.3 Å². The van der Waals surface area contributed by atoms with E-state index in [2.05, 4.69) is 34.5 Å². The number of nitrogens with zero attached hydrogens (tertiary/aromatic N) is 6. The second-order valence-corrected chi connectivity index (χ2v) is 18.2. The SMILES string of the molecule is COCCOc1ccc2nn(COCC[Si](C)(C)C)c(-c3cc(N4CCN(S(C)(=O)=O)CC4)ncn3)c2c1. The van der Waals surface area contributed by atoms with Crippen molar-refractivity contribution in [3.05, 3.63) is 30.6 Å². The van der Waals surface area contributed by atoms with E-state index < -0.39 is 18.1 Å². The van der Waals surface area contributed by atoms with Gasteiger partial charge in [-0.25, -0.2) is 23.1 Å². The highest BCUT2D eigenvalue weighted by Crippen LogP contribution is 2.32. The third-order valence-corrected chi connectivity index (χ3v) is 9.41. The number of hydrogen-bond acceptors (Lipinski definition) is 9. The summed E-state index contributed by atoms with van der Waals surface area (Å²) in [7, 11) is -2.78. The van der Waals surface area contributed by atoms with Gasteiger partial charge >= 0.3 is 0 Å². The maximum Gasteiger partial charge on any atom is 0.211 e. The summed E-state index contributed by atoms with van der Waals surface area (Å²) >= 11 is 0. The quantitative estimate of drug-likeness (QED) is 0.243. The van der Waals surface area contributed by atoms with Crippen LogP contribution < -0.4 is 9.64 Å². The van der Waals surface area contributed by atoms with E-state index in [1.807, 2.05) is 28.9 Å². The number of piperazine rings is 1. The molecule has 208 valence electrons. The molecule has 13 heteroatoms. The van der Waals surface area contributed by atoms with Crippen molar-refractivity contribution < 1.29 is 22.6 Å². The summed E-state index contributed by atoms with van der Waals surface area (Å²) in [4.78, 5) is 11.2. The Bertz CT molecular complexity index is 1340. The zero-order valence-corrected chi connectivity index (χ0v) is 24.7. The lowest BCUT2D eigenvalue weighted by Gasteiger charge is -2.34. The first-order valence-corrected chi connectivity index (χ1v) is 18.3. The first-order valence-electron chi connectivity index (χ1n) is 12.8. The zero-order chi connectivity index (χ0) is 27.3. The van der Waals surface area contributed by atoms with Crippen molar-refractivity contribution in [2.45, 2.75) is 32.4 Å². The van der Waals surface area contributed by atoms with Crippen molar-refractivity contribution in [3.63, 3.8) is 0 Å². The second kappa shape index (κ2) is 12.1. The average Bonchev–Trinajstić information content (AvgIpc) is 3.23. The van der Waals surface area contributed by atoms with E-state index in [1.165, 1.54) is 10.6 Å². The van der Waals surface area contributed by atoms with Crippen LogP contribution in [-0.2, 0) is 26.2 Å². The summed E-state index contributed by atoms with van der Waals surface area (Å²) in [5.74, 6) is 1.47. The van der Waals surface area contributed by atoms with Crippen molar-refractivity contribution >= 4 is 34.8 Å². The van der Waals surface area contributed by atoms with Gasteiger partial charge in [0.1, 0.15) is 31.2 Å². The molecule has 3 heterocycles. The predicted octanol–water partition coefficient (Wildman–Crippen LogP) is 2.91. The van der Waals surface area contributed by atoms with Gasteiger partial charge in [0.2, 0.25) is 10.0 Å². The number of anilines is 1. The van der Waals surface area contributed by atoms with Gasteiger partial charge in [-0.1, -0.05) is 19.6 Å². The Kier molecular flexibility index (Phi) is 9.03. The van der Waals surface area contributed by atoms with Gasteiger partial charge in [-0.2, -0.15) is 9.40 Å². The Morgan fingerprint density at radius 2 is 1.76 bits per heavy atom. The third kappa shape index (κ3) is 7.29. The fourth-order valence-corrected chi connectivity index (χ4v) is 5.82. The minimum atomic E-state index is -3.21. The minimum absolute atomic E-state index is 0.306. The summed E-state index contributed by atoms with van der Waals surface area (Å²) in [6.45, 7) is 10.9. The summed E-state index contributed by atoms with van der Waals surface area (Å²) in [5.41, 5.74) is 2.35. The third-order valence-electron chi connectivity index (χ3n) is 6.40. The molecular formula is C25H38N6O5SSi. The molecule has 0 aliphatic carbocycles. The van der Waals surface area contributed by atoms with Gasteiger partial charge in [0.15, 0.2) is 0 Å². The molecule has 1 fully saturated rings. The number of aromatic nitrogens is 4. The number of benzene rings is 1. The molecule has 0 unspecified atom stereocenters. The molecule has 4 rings (SSSR count). The van der Waals surface area contributed by atoms with Crippen LogP contribution in [0.2, 0.25) is 25.7 Å². The van der Waals surface area contributed by atoms with Crippen LogP contribution in [0.4, 0.5) is 5.82 Å². The molecule has 2 aromatic heterocycles. The smallest absolute Gasteiger partial charge is 0.211 e. The molecule has 0 bridgehead atoms. The number of methoxy groups -OCH3 is 1. The second-order valence-electron chi connectivity index (χ2n) is 10.6. The predicted molar refractivity (Wildman–Crippen MR) is 151 cm³/mol. The Morgan fingerprint density at radius 1 is 1.00 bits per heavy atom. The van der Waals surface area contributed by atoms with Gasteiger partial charge in [0, 0.05) is 59.4 Å². The number of sulfonamides is 1. The van der Waals surface area contributed by atoms with Crippen LogP contribution in [-0.4, -0.2) is 99.9 Å². The largest absolute Gasteiger partial charge is 0.491 e. The van der Waals surface area contributed by atoms with Gasteiger partial charge in [-0.3, -0.25) is 0 Å². The van der Waals surface area contributed by atoms with Crippen LogP contribution in [0.15, 0.2) is 30.6 Å². The van der Waals surface area contributed by atoms with E-state index in [9.17, 15) is 8.42 Å². The number of fused-ring (bicyclic) bond motifs is 1. The Hall–Kier alpha value is -2.58. The van der Waals surface area contributed by atoms with Crippen LogP contribution >= 0.6 is 0 Å². The lowest BCUT2D eigenvalue weighted by molar-refractivity contribution is 0.0802. The molecular weight excluding hydrogens is 524 g/mol. The highest BCUT2D eigenvalue weighted by atomic mass is 32.2. The van der Waals surface area contributed by atoms with E-state index >= 15 is 0 Å². The maximum atomic E-state index is 11.9. The molecule has 0 N–H and O–H groups in total. The van der Waals surface area contributed by atoms with Gasteiger partial charge in [-0.15, -0.1) is 0 Å².